The third-order valence-corrected chi connectivity index (χ3v) is 5.38. The highest BCUT2D eigenvalue weighted by Gasteiger charge is 2.33. The van der Waals surface area contributed by atoms with Crippen molar-refractivity contribution >= 4 is 5.91 Å². The Hall–Kier alpha value is -1.71. The van der Waals surface area contributed by atoms with Crippen LogP contribution >= 0.6 is 0 Å². The average molecular weight is 331 g/mol. The minimum Gasteiger partial charge on any atom is -0.497 e. The molecular weight excluding hydrogens is 302 g/mol. The van der Waals surface area contributed by atoms with Crippen LogP contribution in [0.15, 0.2) is 18.2 Å². The zero-order chi connectivity index (χ0) is 16.9. The lowest BCUT2D eigenvalue weighted by Gasteiger charge is -2.24. The summed E-state index contributed by atoms with van der Waals surface area (Å²) in [7, 11) is 3.34. The van der Waals surface area contributed by atoms with Gasteiger partial charge in [-0.2, -0.15) is 0 Å². The molecule has 3 rings (SSSR count). The van der Waals surface area contributed by atoms with Gasteiger partial charge in [-0.25, -0.2) is 0 Å². The van der Waals surface area contributed by atoms with Gasteiger partial charge >= 0.3 is 0 Å². The molecule has 1 aromatic carbocycles. The maximum Gasteiger partial charge on any atom is 0.223 e. The summed E-state index contributed by atoms with van der Waals surface area (Å²) in [6.45, 7) is 0.620. The van der Waals surface area contributed by atoms with E-state index in [1.165, 1.54) is 25.7 Å². The second kappa shape index (κ2) is 7.91. The van der Waals surface area contributed by atoms with E-state index >= 15 is 0 Å². The highest BCUT2D eigenvalue weighted by Crippen LogP contribution is 2.34. The van der Waals surface area contributed by atoms with Crippen LogP contribution in [0.1, 0.15) is 56.9 Å². The molecule has 0 aromatic heterocycles. The van der Waals surface area contributed by atoms with Crippen molar-refractivity contribution in [1.29, 1.82) is 0 Å². The first kappa shape index (κ1) is 17.1. The number of rotatable bonds is 8. The number of ether oxygens (including phenoxy) is 2. The SMILES string of the molecule is COc1ccc(OC)c(CN(C(=O)CCC2CCCC2)C2CC2)c1. The van der Waals surface area contributed by atoms with E-state index < -0.39 is 0 Å². The second-order valence-corrected chi connectivity index (χ2v) is 7.12. The highest BCUT2D eigenvalue weighted by atomic mass is 16.5. The molecule has 0 spiro atoms. The first-order valence-electron chi connectivity index (χ1n) is 9.21. The van der Waals surface area contributed by atoms with Crippen molar-refractivity contribution in [1.82, 2.24) is 4.90 Å². The van der Waals surface area contributed by atoms with Crippen molar-refractivity contribution in [3.63, 3.8) is 0 Å². The lowest BCUT2D eigenvalue weighted by atomic mass is 10.0. The summed E-state index contributed by atoms with van der Waals surface area (Å²) >= 11 is 0. The van der Waals surface area contributed by atoms with Crippen LogP contribution in [0, 0.1) is 5.92 Å². The minimum atomic E-state index is 0.300. The van der Waals surface area contributed by atoms with Crippen LogP contribution in [0.3, 0.4) is 0 Å². The number of hydrogen-bond donors (Lipinski definition) is 0. The molecule has 0 radical (unpaired) electrons. The van der Waals surface area contributed by atoms with Gasteiger partial charge in [-0.3, -0.25) is 4.79 Å². The Morgan fingerprint density at radius 2 is 1.88 bits per heavy atom. The average Bonchev–Trinajstić information content (AvgIpc) is 3.32. The van der Waals surface area contributed by atoms with Gasteiger partial charge in [-0.15, -0.1) is 0 Å². The molecule has 0 heterocycles. The van der Waals surface area contributed by atoms with E-state index in [-0.39, 0.29) is 0 Å². The Labute approximate surface area is 145 Å². The fraction of sp³-hybridized carbons (Fsp3) is 0.650. The van der Waals surface area contributed by atoms with Crippen LogP contribution in [-0.4, -0.2) is 31.1 Å². The molecule has 2 fully saturated rings. The summed E-state index contributed by atoms with van der Waals surface area (Å²) in [6, 6.07) is 6.21. The molecule has 24 heavy (non-hydrogen) atoms. The largest absolute Gasteiger partial charge is 0.497 e. The molecule has 0 unspecified atom stereocenters. The molecule has 4 nitrogen and oxygen atoms in total. The lowest BCUT2D eigenvalue weighted by Crippen LogP contribution is -2.32. The number of methoxy groups -OCH3 is 2. The molecular formula is C20H29NO3. The van der Waals surface area contributed by atoms with Crippen molar-refractivity contribution < 1.29 is 14.3 Å². The van der Waals surface area contributed by atoms with Crippen molar-refractivity contribution in [2.75, 3.05) is 14.2 Å². The van der Waals surface area contributed by atoms with E-state index in [0.29, 0.717) is 24.9 Å². The number of amides is 1. The Morgan fingerprint density at radius 3 is 2.50 bits per heavy atom. The van der Waals surface area contributed by atoms with Gasteiger partial charge in [0.25, 0.3) is 0 Å². The van der Waals surface area contributed by atoms with Crippen molar-refractivity contribution in [2.45, 2.75) is 64.0 Å². The van der Waals surface area contributed by atoms with E-state index in [1.807, 2.05) is 18.2 Å². The smallest absolute Gasteiger partial charge is 0.223 e. The first-order chi connectivity index (χ1) is 11.7. The summed E-state index contributed by atoms with van der Waals surface area (Å²) in [5, 5.41) is 0. The van der Waals surface area contributed by atoms with Crippen LogP contribution in [0.4, 0.5) is 0 Å². The van der Waals surface area contributed by atoms with Gasteiger partial charge in [0.2, 0.25) is 5.91 Å². The standard InChI is InChI=1S/C20H29NO3/c1-23-18-10-11-19(24-2)16(13-18)14-21(17-8-9-17)20(22)12-7-15-5-3-4-6-15/h10-11,13,15,17H,3-9,12,14H2,1-2H3. The summed E-state index contributed by atoms with van der Waals surface area (Å²) in [6.07, 6.45) is 9.28. The van der Waals surface area contributed by atoms with Gasteiger partial charge in [-0.05, 0) is 43.4 Å². The highest BCUT2D eigenvalue weighted by molar-refractivity contribution is 5.77. The Balaban J connectivity index is 1.66. The molecule has 2 aliphatic carbocycles. The normalized spacial score (nSPS) is 17.8. The van der Waals surface area contributed by atoms with E-state index in [9.17, 15) is 4.79 Å². The van der Waals surface area contributed by atoms with Crippen molar-refractivity contribution in [2.24, 2.45) is 5.92 Å². The van der Waals surface area contributed by atoms with Gasteiger partial charge in [0.05, 0.1) is 14.2 Å². The molecule has 2 saturated carbocycles. The van der Waals surface area contributed by atoms with Gasteiger partial charge in [0, 0.05) is 24.6 Å². The lowest BCUT2D eigenvalue weighted by molar-refractivity contribution is -0.132. The summed E-state index contributed by atoms with van der Waals surface area (Å²) in [5.74, 6) is 2.70. The molecule has 0 aliphatic heterocycles. The third-order valence-electron chi connectivity index (χ3n) is 5.38. The summed E-state index contributed by atoms with van der Waals surface area (Å²) < 4.78 is 10.8. The molecule has 0 bridgehead atoms. The second-order valence-electron chi connectivity index (χ2n) is 7.12. The van der Waals surface area contributed by atoms with Crippen molar-refractivity contribution in [3.8, 4) is 11.5 Å². The number of nitrogens with zero attached hydrogens (tertiary/aromatic N) is 1. The number of hydrogen-bond acceptors (Lipinski definition) is 3. The molecule has 2 aliphatic rings. The van der Waals surface area contributed by atoms with Gasteiger partial charge in [-0.1, -0.05) is 25.7 Å². The number of benzene rings is 1. The van der Waals surface area contributed by atoms with Gasteiger partial charge in [0.15, 0.2) is 0 Å². The third kappa shape index (κ3) is 4.22. The maximum absolute atomic E-state index is 12.8. The quantitative estimate of drug-likeness (QED) is 0.718. The fourth-order valence-corrected chi connectivity index (χ4v) is 3.77. The monoisotopic (exact) mass is 331 g/mol. The molecule has 1 amide bonds. The molecule has 132 valence electrons. The molecule has 0 atom stereocenters. The van der Waals surface area contributed by atoms with Crippen molar-refractivity contribution in [3.05, 3.63) is 23.8 Å². The fourth-order valence-electron chi connectivity index (χ4n) is 3.77. The van der Waals surface area contributed by atoms with Crippen LogP contribution in [0.2, 0.25) is 0 Å². The van der Waals surface area contributed by atoms with E-state index in [1.54, 1.807) is 14.2 Å². The van der Waals surface area contributed by atoms with Gasteiger partial charge in [0.1, 0.15) is 11.5 Å². The Kier molecular flexibility index (Phi) is 5.64. The van der Waals surface area contributed by atoms with Crippen LogP contribution in [0.25, 0.3) is 0 Å². The van der Waals surface area contributed by atoms with Gasteiger partial charge < -0.3 is 14.4 Å². The Morgan fingerprint density at radius 1 is 1.12 bits per heavy atom. The molecule has 4 heteroatoms. The predicted molar refractivity (Wildman–Crippen MR) is 94.3 cm³/mol. The van der Waals surface area contributed by atoms with Crippen LogP contribution in [0.5, 0.6) is 11.5 Å². The zero-order valence-electron chi connectivity index (χ0n) is 14.9. The predicted octanol–water partition coefficient (Wildman–Crippen LogP) is 4.17. The number of carbonyl (C=O) groups excluding carboxylic acids is 1. The Bertz CT molecular complexity index is 562. The van der Waals surface area contributed by atoms with Crippen LogP contribution < -0.4 is 9.47 Å². The molecule has 1 aromatic rings. The van der Waals surface area contributed by atoms with E-state index in [4.69, 9.17) is 9.47 Å². The zero-order valence-corrected chi connectivity index (χ0v) is 14.9. The molecule has 0 N–H and O–H groups in total. The minimum absolute atomic E-state index is 0.300. The van der Waals surface area contributed by atoms with Crippen LogP contribution in [-0.2, 0) is 11.3 Å². The molecule has 0 saturated heterocycles. The summed E-state index contributed by atoms with van der Waals surface area (Å²) in [4.78, 5) is 14.9. The maximum atomic E-state index is 12.8. The van der Waals surface area contributed by atoms with E-state index in [0.717, 1.165) is 42.2 Å². The summed E-state index contributed by atoms with van der Waals surface area (Å²) in [5.41, 5.74) is 1.03. The first-order valence-corrected chi connectivity index (χ1v) is 9.21. The number of carbonyl (C=O) groups is 1. The van der Waals surface area contributed by atoms with E-state index in [2.05, 4.69) is 4.90 Å². The topological polar surface area (TPSA) is 38.8 Å².